The number of benzene rings is 4. The Morgan fingerprint density at radius 3 is 2.59 bits per heavy atom. The van der Waals surface area contributed by atoms with E-state index in [2.05, 4.69) is 41.9 Å². The normalized spacial score (nSPS) is 11.6. The van der Waals surface area contributed by atoms with Gasteiger partial charge in [-0.15, -0.1) is 0 Å². The molecule has 5 rings (SSSR count). The molecule has 1 heterocycles. The van der Waals surface area contributed by atoms with E-state index in [9.17, 15) is 14.9 Å². The van der Waals surface area contributed by atoms with Crippen LogP contribution in [0.1, 0.15) is 36.7 Å². The molecular formula is C29H22Br2N4O4. The van der Waals surface area contributed by atoms with Crippen molar-refractivity contribution in [3.8, 4) is 5.75 Å². The van der Waals surface area contributed by atoms with Crippen LogP contribution in [0, 0.1) is 10.1 Å². The van der Waals surface area contributed by atoms with Crippen molar-refractivity contribution in [3.05, 3.63) is 119 Å². The highest BCUT2D eigenvalue weighted by Crippen LogP contribution is 2.37. The Labute approximate surface area is 240 Å². The number of rotatable bonds is 7. The fourth-order valence-corrected chi connectivity index (χ4v) is 5.24. The maximum absolute atomic E-state index is 13.3. The zero-order valence-corrected chi connectivity index (χ0v) is 24.1. The largest absolute Gasteiger partial charge is 0.481 e. The minimum Gasteiger partial charge on any atom is -0.481 e. The maximum atomic E-state index is 13.3. The van der Waals surface area contributed by atoms with Crippen LogP contribution in [-0.2, 0) is 6.61 Å². The minimum atomic E-state index is -0.499. The summed E-state index contributed by atoms with van der Waals surface area (Å²) in [5.41, 5.74) is 1.36. The van der Waals surface area contributed by atoms with E-state index in [1.807, 2.05) is 62.4 Å². The molecule has 0 amide bonds. The number of aromatic nitrogens is 2. The van der Waals surface area contributed by atoms with Crippen LogP contribution in [-0.4, -0.2) is 20.8 Å². The molecule has 4 aromatic carbocycles. The topological polar surface area (TPSA) is 99.6 Å². The predicted octanol–water partition coefficient (Wildman–Crippen LogP) is 7.57. The quantitative estimate of drug-likeness (QED) is 0.103. The fourth-order valence-electron chi connectivity index (χ4n) is 4.30. The molecule has 0 atom stereocenters. The van der Waals surface area contributed by atoms with E-state index in [0.717, 1.165) is 20.8 Å². The highest BCUT2D eigenvalue weighted by atomic mass is 79.9. The van der Waals surface area contributed by atoms with Gasteiger partial charge < -0.3 is 4.74 Å². The molecule has 10 heteroatoms. The second kappa shape index (κ2) is 11.1. The lowest BCUT2D eigenvalue weighted by Crippen LogP contribution is -2.23. The molecule has 0 fully saturated rings. The number of fused-ring (bicyclic) bond motifs is 2. The van der Waals surface area contributed by atoms with Crippen LogP contribution in [0.4, 0.5) is 5.69 Å². The Kier molecular flexibility index (Phi) is 7.58. The Hall–Kier alpha value is -3.89. The first-order valence-electron chi connectivity index (χ1n) is 12.1. The summed E-state index contributed by atoms with van der Waals surface area (Å²) in [6.45, 7) is 3.99. The van der Waals surface area contributed by atoms with Gasteiger partial charge in [-0.1, -0.05) is 72.2 Å². The van der Waals surface area contributed by atoms with E-state index >= 15 is 0 Å². The lowest BCUT2D eigenvalue weighted by Gasteiger charge is -2.13. The van der Waals surface area contributed by atoms with Gasteiger partial charge in [-0.05, 0) is 56.5 Å². The molecule has 0 saturated carbocycles. The van der Waals surface area contributed by atoms with E-state index in [0.29, 0.717) is 26.8 Å². The number of ether oxygens (including phenoxy) is 1. The number of hydrogen-bond donors (Lipinski definition) is 0. The third-order valence-electron chi connectivity index (χ3n) is 6.17. The predicted molar refractivity (Wildman–Crippen MR) is 160 cm³/mol. The van der Waals surface area contributed by atoms with Gasteiger partial charge >= 0.3 is 5.69 Å². The molecule has 0 radical (unpaired) electrons. The zero-order valence-electron chi connectivity index (χ0n) is 21.0. The molecule has 0 spiro atoms. The second-order valence-corrected chi connectivity index (χ2v) is 11.0. The first-order valence-corrected chi connectivity index (χ1v) is 13.7. The SMILES string of the molecule is CC(C)c1nc2ccc(Br)cc2c(=O)n1N=Cc1cc(Br)c(OCc2cccc3ccccc23)c([N+](=O)[O-])c1. The summed E-state index contributed by atoms with van der Waals surface area (Å²) in [5, 5.41) is 18.9. The first-order chi connectivity index (χ1) is 18.7. The molecule has 0 aliphatic rings. The fraction of sp³-hybridized carbons (Fsp3) is 0.138. The van der Waals surface area contributed by atoms with Crippen molar-refractivity contribution >= 4 is 65.4 Å². The molecule has 196 valence electrons. The molecule has 0 saturated heterocycles. The average Bonchev–Trinajstić information content (AvgIpc) is 2.91. The van der Waals surface area contributed by atoms with Crippen molar-refractivity contribution in [2.24, 2.45) is 5.10 Å². The third kappa shape index (κ3) is 5.48. The van der Waals surface area contributed by atoms with Gasteiger partial charge in [0, 0.05) is 22.0 Å². The highest BCUT2D eigenvalue weighted by molar-refractivity contribution is 9.10. The molecule has 39 heavy (non-hydrogen) atoms. The summed E-state index contributed by atoms with van der Waals surface area (Å²) in [5.74, 6) is 0.505. The first kappa shape index (κ1) is 26.7. The number of nitro groups is 1. The van der Waals surface area contributed by atoms with Gasteiger partial charge in [-0.2, -0.15) is 9.78 Å². The van der Waals surface area contributed by atoms with Crippen LogP contribution in [0.5, 0.6) is 5.75 Å². The summed E-state index contributed by atoms with van der Waals surface area (Å²) < 4.78 is 8.36. The number of nitrogens with zero attached hydrogens (tertiary/aromatic N) is 4. The Balaban J connectivity index is 1.51. The molecule has 5 aromatic rings. The van der Waals surface area contributed by atoms with Gasteiger partial charge in [0.15, 0.2) is 0 Å². The molecule has 0 N–H and O–H groups in total. The molecule has 0 bridgehead atoms. The lowest BCUT2D eigenvalue weighted by atomic mass is 10.1. The Morgan fingerprint density at radius 1 is 1.05 bits per heavy atom. The van der Waals surface area contributed by atoms with E-state index in [4.69, 9.17) is 4.74 Å². The van der Waals surface area contributed by atoms with Crippen molar-refractivity contribution in [2.45, 2.75) is 26.4 Å². The molecule has 1 aromatic heterocycles. The van der Waals surface area contributed by atoms with Crippen LogP contribution >= 0.6 is 31.9 Å². The Bertz CT molecular complexity index is 1830. The molecule has 0 aliphatic heterocycles. The summed E-state index contributed by atoms with van der Waals surface area (Å²) in [7, 11) is 0. The van der Waals surface area contributed by atoms with Crippen LogP contribution in [0.3, 0.4) is 0 Å². The molecule has 8 nitrogen and oxygen atoms in total. The van der Waals surface area contributed by atoms with Gasteiger partial charge in [0.1, 0.15) is 12.4 Å². The van der Waals surface area contributed by atoms with Gasteiger partial charge in [0.05, 0.1) is 26.5 Å². The monoisotopic (exact) mass is 648 g/mol. The summed E-state index contributed by atoms with van der Waals surface area (Å²) in [6, 6.07) is 22.1. The van der Waals surface area contributed by atoms with Crippen LogP contribution < -0.4 is 10.3 Å². The number of halogens is 2. The number of hydrogen-bond acceptors (Lipinski definition) is 6. The van der Waals surface area contributed by atoms with E-state index in [1.165, 1.54) is 17.0 Å². The second-order valence-electron chi connectivity index (χ2n) is 9.18. The molecular weight excluding hydrogens is 628 g/mol. The Morgan fingerprint density at radius 2 is 1.82 bits per heavy atom. The van der Waals surface area contributed by atoms with Gasteiger partial charge in [-0.25, -0.2) is 4.98 Å². The third-order valence-corrected chi connectivity index (χ3v) is 7.25. The molecule has 0 aliphatic carbocycles. The van der Waals surface area contributed by atoms with E-state index in [1.54, 1.807) is 18.2 Å². The van der Waals surface area contributed by atoms with Gasteiger partial charge in [0.2, 0.25) is 5.75 Å². The van der Waals surface area contributed by atoms with E-state index in [-0.39, 0.29) is 29.5 Å². The van der Waals surface area contributed by atoms with Crippen molar-refractivity contribution in [3.63, 3.8) is 0 Å². The maximum Gasteiger partial charge on any atom is 0.312 e. The van der Waals surface area contributed by atoms with Gasteiger partial charge in [0.25, 0.3) is 5.56 Å². The average molecular weight is 650 g/mol. The minimum absolute atomic E-state index is 0.0891. The van der Waals surface area contributed by atoms with Crippen LogP contribution in [0.2, 0.25) is 0 Å². The number of nitro benzene ring substituents is 1. The smallest absolute Gasteiger partial charge is 0.312 e. The van der Waals surface area contributed by atoms with Crippen LogP contribution in [0.25, 0.3) is 21.7 Å². The van der Waals surface area contributed by atoms with E-state index < -0.39 is 4.92 Å². The van der Waals surface area contributed by atoms with Crippen molar-refractivity contribution in [2.75, 3.05) is 0 Å². The molecule has 0 unspecified atom stereocenters. The van der Waals surface area contributed by atoms with Crippen molar-refractivity contribution in [1.82, 2.24) is 9.66 Å². The van der Waals surface area contributed by atoms with Crippen LogP contribution in [0.15, 0.2) is 91.6 Å². The zero-order chi connectivity index (χ0) is 27.7. The van der Waals surface area contributed by atoms with Gasteiger partial charge in [-0.3, -0.25) is 14.9 Å². The highest BCUT2D eigenvalue weighted by Gasteiger charge is 2.21. The lowest BCUT2D eigenvalue weighted by molar-refractivity contribution is -0.386. The van der Waals surface area contributed by atoms with Crippen molar-refractivity contribution < 1.29 is 9.66 Å². The van der Waals surface area contributed by atoms with Crippen molar-refractivity contribution in [1.29, 1.82) is 0 Å². The summed E-state index contributed by atoms with van der Waals surface area (Å²) >= 11 is 6.83. The standard InChI is InChI=1S/C29H22Br2N4O4/c1-17(2)28-33-25-11-10-21(30)14-23(25)29(36)34(28)32-15-18-12-24(31)27(26(13-18)35(37)38)39-16-20-8-5-7-19-6-3-4-9-22(19)20/h3-15,17H,16H2,1-2H3. The summed E-state index contributed by atoms with van der Waals surface area (Å²) in [4.78, 5) is 29.4. The summed E-state index contributed by atoms with van der Waals surface area (Å²) in [6.07, 6.45) is 1.41.